The molecule has 0 unspecified atom stereocenters. The van der Waals surface area contributed by atoms with Gasteiger partial charge in [-0.05, 0) is 55.3 Å². The number of ketones is 1. The first-order chi connectivity index (χ1) is 16.6. The molecule has 0 bridgehead atoms. The molecular weight excluding hydrogens is 476 g/mol. The van der Waals surface area contributed by atoms with E-state index in [1.54, 1.807) is 32.1 Å². The summed E-state index contributed by atoms with van der Waals surface area (Å²) in [6, 6.07) is 23.1. The second kappa shape index (κ2) is 10.1. The number of nitrogens with one attached hydrogen (secondary N) is 1. The number of rotatable bonds is 7. The van der Waals surface area contributed by atoms with E-state index in [2.05, 4.69) is 29.6 Å². The van der Waals surface area contributed by atoms with Gasteiger partial charge >= 0.3 is 0 Å². The maximum atomic E-state index is 13.2. The van der Waals surface area contributed by atoms with Crippen LogP contribution in [0.25, 0.3) is 17.2 Å². The molecule has 1 N–H and O–H groups in total. The van der Waals surface area contributed by atoms with E-state index in [0.717, 1.165) is 16.8 Å². The van der Waals surface area contributed by atoms with E-state index in [4.69, 9.17) is 17.0 Å². The highest BCUT2D eigenvalue weighted by atomic mass is 32.2. The first kappa shape index (κ1) is 24.7. The summed E-state index contributed by atoms with van der Waals surface area (Å²) in [6.07, 6.45) is 1.76. The average molecular weight is 503 g/mol. The molecule has 1 heterocycles. The second-order valence-electron chi connectivity index (χ2n) is 8.85. The maximum absolute atomic E-state index is 13.2. The number of Topliss-reactive ketones (excluding diaryl/α,β-unsaturated/α-hetero) is 1. The Morgan fingerprint density at radius 1 is 1.00 bits per heavy atom. The number of thioether (sulfide) groups is 1. The molecule has 0 spiro atoms. The summed E-state index contributed by atoms with van der Waals surface area (Å²) in [6.45, 7) is 3.50. The summed E-state index contributed by atoms with van der Waals surface area (Å²) >= 11 is 6.35. The zero-order chi connectivity index (χ0) is 25.2. The Morgan fingerprint density at radius 3 is 2.26 bits per heavy atom. The highest BCUT2D eigenvalue weighted by Gasteiger charge is 2.32. The standard InChI is InChI=1S/C28H26N2O3S2/c1-28(2,25(31)19-8-6-5-7-9-19)33-23-15-12-20(18-10-13-22(14-11-18)30(3)4)16-21(23)17-24-26(32)29-27(34)35-24/h5-17H,1-4H3,(H,29,32,34)/b24-17+. The minimum absolute atomic E-state index is 0.130. The van der Waals surface area contributed by atoms with Gasteiger partial charge in [0.1, 0.15) is 10.1 Å². The topological polar surface area (TPSA) is 58.6 Å². The van der Waals surface area contributed by atoms with Gasteiger partial charge in [-0.1, -0.05) is 72.5 Å². The zero-order valence-corrected chi connectivity index (χ0v) is 21.6. The second-order valence-corrected chi connectivity index (χ2v) is 10.6. The molecule has 1 aliphatic rings. The molecule has 7 heteroatoms. The van der Waals surface area contributed by atoms with Gasteiger partial charge in [0.15, 0.2) is 5.60 Å². The van der Waals surface area contributed by atoms with Crippen molar-refractivity contribution in [1.82, 2.24) is 5.32 Å². The third-order valence-electron chi connectivity index (χ3n) is 5.60. The molecule has 0 saturated carbocycles. The molecule has 1 fully saturated rings. The lowest BCUT2D eigenvalue weighted by Gasteiger charge is -2.26. The first-order valence-electron chi connectivity index (χ1n) is 11.1. The highest BCUT2D eigenvalue weighted by Crippen LogP contribution is 2.35. The summed E-state index contributed by atoms with van der Waals surface area (Å²) < 4.78 is 6.70. The van der Waals surface area contributed by atoms with Crippen LogP contribution >= 0.6 is 24.0 Å². The predicted molar refractivity (Wildman–Crippen MR) is 148 cm³/mol. The van der Waals surface area contributed by atoms with Crippen molar-refractivity contribution in [3.63, 3.8) is 0 Å². The monoisotopic (exact) mass is 502 g/mol. The number of hydrogen-bond donors (Lipinski definition) is 1. The van der Waals surface area contributed by atoms with E-state index in [1.807, 2.05) is 55.4 Å². The minimum atomic E-state index is -1.12. The van der Waals surface area contributed by atoms with Crippen LogP contribution < -0.4 is 15.0 Å². The molecule has 3 aromatic rings. The largest absolute Gasteiger partial charge is 0.479 e. The quantitative estimate of drug-likeness (QED) is 0.245. The van der Waals surface area contributed by atoms with Crippen LogP contribution in [0.3, 0.4) is 0 Å². The smallest absolute Gasteiger partial charge is 0.263 e. The number of amides is 1. The predicted octanol–water partition coefficient (Wildman–Crippen LogP) is 5.95. The molecule has 1 amide bonds. The average Bonchev–Trinajstić information content (AvgIpc) is 3.16. The number of carbonyl (C=O) groups is 2. The van der Waals surface area contributed by atoms with Crippen molar-refractivity contribution in [3.05, 3.63) is 88.8 Å². The lowest BCUT2D eigenvalue weighted by molar-refractivity contribution is -0.115. The number of hydrogen-bond acceptors (Lipinski definition) is 6. The van der Waals surface area contributed by atoms with Crippen molar-refractivity contribution < 1.29 is 14.3 Å². The Kier molecular flexibility index (Phi) is 7.10. The summed E-state index contributed by atoms with van der Waals surface area (Å²) in [4.78, 5) is 28.0. The van der Waals surface area contributed by atoms with Gasteiger partial charge in [0.2, 0.25) is 5.78 Å². The Morgan fingerprint density at radius 2 is 1.66 bits per heavy atom. The van der Waals surface area contributed by atoms with Crippen molar-refractivity contribution in [2.24, 2.45) is 0 Å². The fourth-order valence-corrected chi connectivity index (χ4v) is 4.74. The molecule has 1 aliphatic heterocycles. The van der Waals surface area contributed by atoms with Gasteiger partial charge in [0, 0.05) is 30.9 Å². The molecule has 1 saturated heterocycles. The van der Waals surface area contributed by atoms with E-state index in [-0.39, 0.29) is 11.7 Å². The van der Waals surface area contributed by atoms with Gasteiger partial charge in [-0.2, -0.15) is 0 Å². The van der Waals surface area contributed by atoms with Crippen molar-refractivity contribution in [2.75, 3.05) is 19.0 Å². The summed E-state index contributed by atoms with van der Waals surface area (Å²) in [7, 11) is 4.00. The van der Waals surface area contributed by atoms with E-state index < -0.39 is 5.60 Å². The van der Waals surface area contributed by atoms with E-state index in [0.29, 0.717) is 26.1 Å². The lowest BCUT2D eigenvalue weighted by Crippen LogP contribution is -2.38. The van der Waals surface area contributed by atoms with Crippen LogP contribution in [-0.2, 0) is 4.79 Å². The molecule has 3 aromatic carbocycles. The first-order valence-corrected chi connectivity index (χ1v) is 12.3. The normalized spacial score (nSPS) is 14.7. The number of thiocarbonyl (C=S) groups is 1. The fourth-order valence-electron chi connectivity index (χ4n) is 3.71. The number of anilines is 1. The van der Waals surface area contributed by atoms with E-state index >= 15 is 0 Å². The number of benzene rings is 3. The van der Waals surface area contributed by atoms with Crippen LogP contribution in [-0.4, -0.2) is 35.7 Å². The molecule has 0 radical (unpaired) electrons. The number of ether oxygens (including phenoxy) is 1. The van der Waals surface area contributed by atoms with Crippen molar-refractivity contribution >= 4 is 51.8 Å². The Balaban J connectivity index is 1.73. The van der Waals surface area contributed by atoms with Gasteiger partial charge in [-0.3, -0.25) is 9.59 Å². The highest BCUT2D eigenvalue weighted by molar-refractivity contribution is 8.26. The van der Waals surface area contributed by atoms with Crippen LogP contribution in [0.5, 0.6) is 5.75 Å². The molecular formula is C28H26N2O3S2. The summed E-state index contributed by atoms with van der Waals surface area (Å²) in [5.41, 5.74) is 3.24. The third-order valence-corrected chi connectivity index (χ3v) is 6.77. The van der Waals surface area contributed by atoms with Crippen molar-refractivity contribution in [3.8, 4) is 16.9 Å². The van der Waals surface area contributed by atoms with Crippen LogP contribution in [0, 0.1) is 0 Å². The van der Waals surface area contributed by atoms with Crippen molar-refractivity contribution in [2.45, 2.75) is 19.4 Å². The third kappa shape index (κ3) is 5.63. The zero-order valence-electron chi connectivity index (χ0n) is 20.0. The van der Waals surface area contributed by atoms with E-state index in [1.165, 1.54) is 11.8 Å². The Bertz CT molecular complexity index is 1310. The van der Waals surface area contributed by atoms with Gasteiger partial charge in [0.05, 0.1) is 4.91 Å². The van der Waals surface area contributed by atoms with E-state index in [9.17, 15) is 9.59 Å². The van der Waals surface area contributed by atoms with Crippen LogP contribution in [0.2, 0.25) is 0 Å². The molecule has 0 atom stereocenters. The van der Waals surface area contributed by atoms with Crippen LogP contribution in [0.1, 0.15) is 29.8 Å². The SMILES string of the molecule is CN(C)c1ccc(-c2ccc(OC(C)(C)C(=O)c3ccccc3)c(/C=C3/SC(=S)NC3=O)c2)cc1. The lowest BCUT2D eigenvalue weighted by atomic mass is 9.96. The Labute approximate surface area is 215 Å². The Hall–Kier alpha value is -3.42. The summed E-state index contributed by atoms with van der Waals surface area (Å²) in [5.74, 6) is 0.132. The molecule has 35 heavy (non-hydrogen) atoms. The van der Waals surface area contributed by atoms with Crippen LogP contribution in [0.4, 0.5) is 5.69 Å². The number of carbonyl (C=O) groups excluding carboxylic acids is 2. The molecule has 178 valence electrons. The van der Waals surface area contributed by atoms with Gasteiger partial charge < -0.3 is 15.0 Å². The molecule has 0 aliphatic carbocycles. The van der Waals surface area contributed by atoms with Crippen LogP contribution in [0.15, 0.2) is 77.7 Å². The van der Waals surface area contributed by atoms with Crippen molar-refractivity contribution in [1.29, 1.82) is 0 Å². The molecule has 5 nitrogen and oxygen atoms in total. The fraction of sp³-hybridized carbons (Fsp3) is 0.179. The van der Waals surface area contributed by atoms with Gasteiger partial charge in [0.25, 0.3) is 5.91 Å². The number of nitrogens with zero attached hydrogens (tertiary/aromatic N) is 1. The maximum Gasteiger partial charge on any atom is 0.263 e. The molecule has 4 rings (SSSR count). The summed E-state index contributed by atoms with van der Waals surface area (Å²) in [5, 5.41) is 2.65. The van der Waals surface area contributed by atoms with Gasteiger partial charge in [-0.15, -0.1) is 0 Å². The van der Waals surface area contributed by atoms with Gasteiger partial charge in [-0.25, -0.2) is 0 Å². The molecule has 0 aromatic heterocycles. The minimum Gasteiger partial charge on any atom is -0.479 e.